The average molecular weight is 586 g/mol. The monoisotopic (exact) mass is 585 g/mol. The molecule has 41 heavy (non-hydrogen) atoms. The zero-order valence-corrected chi connectivity index (χ0v) is 23.2. The molecule has 2 aliphatic rings. The number of pyridine rings is 1. The zero-order valence-electron chi connectivity index (χ0n) is 22.3. The molecule has 214 valence electrons. The second-order valence-corrected chi connectivity index (χ2v) is 10.6. The maximum Gasteiger partial charge on any atom is 0.471 e. The van der Waals surface area contributed by atoms with E-state index in [1.165, 1.54) is 33.7 Å². The van der Waals surface area contributed by atoms with E-state index in [0.29, 0.717) is 12.1 Å². The number of carbonyl (C=O) groups excluding carboxylic acids is 3. The number of ketones is 1. The van der Waals surface area contributed by atoms with E-state index in [9.17, 15) is 28.7 Å². The summed E-state index contributed by atoms with van der Waals surface area (Å²) in [5.41, 5.74) is 0.705. The van der Waals surface area contributed by atoms with Crippen LogP contribution in [0.2, 0.25) is 0 Å². The quantitative estimate of drug-likeness (QED) is 0.170. The van der Waals surface area contributed by atoms with Crippen LogP contribution in [0.1, 0.15) is 20.7 Å². The van der Waals surface area contributed by atoms with Crippen LogP contribution in [0.4, 0.5) is 5.82 Å². The van der Waals surface area contributed by atoms with Crippen molar-refractivity contribution in [1.82, 2.24) is 19.4 Å². The predicted octanol–water partition coefficient (Wildman–Crippen LogP) is 1.02. The molecule has 0 aliphatic carbocycles. The molecule has 15 nitrogen and oxygen atoms in total. The molecule has 0 radical (unpaired) electrons. The first-order chi connectivity index (χ1) is 19.6. The van der Waals surface area contributed by atoms with E-state index in [-0.39, 0.29) is 60.1 Å². The zero-order chi connectivity index (χ0) is 29.3. The maximum atomic E-state index is 13.7. The Morgan fingerprint density at radius 2 is 1.76 bits per heavy atom. The molecule has 2 N–H and O–H groups in total. The van der Waals surface area contributed by atoms with E-state index >= 15 is 0 Å². The Labute approximate surface area is 233 Å². The Bertz CT molecular complexity index is 1640. The first-order valence-corrected chi connectivity index (χ1v) is 14.1. The van der Waals surface area contributed by atoms with E-state index in [1.807, 2.05) is 6.07 Å². The number of phosphoric ester groups is 1. The second kappa shape index (κ2) is 11.3. The van der Waals surface area contributed by atoms with Crippen molar-refractivity contribution in [3.8, 4) is 5.75 Å². The largest absolute Gasteiger partial charge is 0.491 e. The van der Waals surface area contributed by atoms with Crippen LogP contribution < -0.4 is 4.74 Å². The van der Waals surface area contributed by atoms with Gasteiger partial charge in [-0.25, -0.2) is 4.57 Å². The highest BCUT2D eigenvalue weighted by atomic mass is 31.2. The summed E-state index contributed by atoms with van der Waals surface area (Å²) in [5.74, 6) is -1.40. The average Bonchev–Trinajstić information content (AvgIpc) is 3.58. The number of ether oxygens (including phenoxy) is 1. The molecule has 1 saturated heterocycles. The topological polar surface area (TPSA) is 170 Å². The molecule has 3 aromatic rings. The number of phosphoric acid groups is 1. The highest BCUT2D eigenvalue weighted by molar-refractivity contribution is 7.46. The summed E-state index contributed by atoms with van der Waals surface area (Å²) in [4.78, 5) is 65.9. The van der Waals surface area contributed by atoms with Crippen LogP contribution in [0.25, 0.3) is 10.9 Å². The molecule has 0 spiro atoms. The van der Waals surface area contributed by atoms with Crippen molar-refractivity contribution >= 4 is 48.4 Å². The summed E-state index contributed by atoms with van der Waals surface area (Å²) in [6.45, 7) is 0.637. The van der Waals surface area contributed by atoms with E-state index in [0.717, 1.165) is 0 Å². The first kappa shape index (κ1) is 28.2. The van der Waals surface area contributed by atoms with Crippen LogP contribution in [-0.4, -0.2) is 109 Å². The summed E-state index contributed by atoms with van der Waals surface area (Å²) < 4.78 is 26.0. The third kappa shape index (κ3) is 5.79. The minimum absolute atomic E-state index is 0.0600. The van der Waals surface area contributed by atoms with Crippen molar-refractivity contribution in [2.24, 2.45) is 5.22 Å². The highest BCUT2D eigenvalue weighted by Crippen LogP contribution is 2.40. The van der Waals surface area contributed by atoms with Gasteiger partial charge >= 0.3 is 13.6 Å². The van der Waals surface area contributed by atoms with Crippen molar-refractivity contribution in [3.63, 3.8) is 0 Å². The van der Waals surface area contributed by atoms with Crippen LogP contribution in [-0.2, 0) is 20.6 Å². The standard InChI is InChI=1S/C25H26N7O8P/c1-28-8-13-32(27-28)23-21-20(19(39-2)14-26-23)18(15-31(21)16-40-41(36,37)38)22(33)25(35)30-11-9-29(10-12-30)24(34)17-6-4-3-5-7-17/h3-7,13-15H,8-12,16H2,1-2H3/p+2. The number of carbonyl (C=O) groups is 3. The van der Waals surface area contributed by atoms with Gasteiger partial charge in [-0.15, -0.1) is 4.70 Å². The minimum Gasteiger partial charge on any atom is -0.491 e. The predicted molar refractivity (Wildman–Crippen MR) is 142 cm³/mol. The van der Waals surface area contributed by atoms with Gasteiger partial charge in [-0.1, -0.05) is 18.2 Å². The molecular weight excluding hydrogens is 557 g/mol. The summed E-state index contributed by atoms with van der Waals surface area (Å²) in [7, 11) is -1.77. The molecule has 4 heterocycles. The maximum absolute atomic E-state index is 13.7. The number of hydrogen-bond acceptors (Lipinski definition) is 8. The summed E-state index contributed by atoms with van der Waals surface area (Å²) in [6.07, 6.45) is 4.38. The number of amides is 2. The lowest BCUT2D eigenvalue weighted by molar-refractivity contribution is -0.647. The third-order valence-corrected chi connectivity index (χ3v) is 7.18. The number of aromatic nitrogens is 2. The van der Waals surface area contributed by atoms with Gasteiger partial charge in [-0.05, 0) is 16.8 Å². The van der Waals surface area contributed by atoms with Crippen LogP contribution >= 0.6 is 7.82 Å². The van der Waals surface area contributed by atoms with E-state index in [2.05, 4.69) is 10.2 Å². The molecule has 0 saturated carbocycles. The van der Waals surface area contributed by atoms with Gasteiger partial charge in [0.1, 0.15) is 13.8 Å². The molecule has 2 aliphatic heterocycles. The summed E-state index contributed by atoms with van der Waals surface area (Å²) >= 11 is 0. The fourth-order valence-corrected chi connectivity index (χ4v) is 5.00. The molecule has 0 unspecified atom stereocenters. The van der Waals surface area contributed by atoms with Gasteiger partial charge < -0.3 is 28.9 Å². The fraction of sp³-hybridized carbons (Fsp3) is 0.320. The number of methoxy groups -OCH3 is 1. The molecule has 2 aromatic heterocycles. The lowest BCUT2D eigenvalue weighted by Gasteiger charge is -2.34. The normalized spacial score (nSPS) is 15.6. The van der Waals surface area contributed by atoms with E-state index in [1.54, 1.807) is 47.1 Å². The lowest BCUT2D eigenvalue weighted by atomic mass is 10.1. The Hall–Kier alpha value is -4.30. The molecule has 2 amide bonds. The van der Waals surface area contributed by atoms with Crippen LogP contribution in [0.3, 0.4) is 0 Å². The number of Topliss-reactive ketones (excluding diaryl/α,β-unsaturated/α-hetero) is 1. The van der Waals surface area contributed by atoms with Gasteiger partial charge in [0.05, 0.1) is 18.1 Å². The lowest BCUT2D eigenvalue weighted by Crippen LogP contribution is -2.52. The number of hydrogen-bond donors (Lipinski definition) is 2. The Balaban J connectivity index is 1.46. The van der Waals surface area contributed by atoms with Crippen molar-refractivity contribution in [2.75, 3.05) is 46.9 Å². The van der Waals surface area contributed by atoms with Gasteiger partial charge in [0.2, 0.25) is 6.20 Å². The van der Waals surface area contributed by atoms with Gasteiger partial charge in [0.25, 0.3) is 17.6 Å². The van der Waals surface area contributed by atoms with Crippen LogP contribution in [0.5, 0.6) is 5.75 Å². The number of fused-ring (bicyclic) bond motifs is 1. The Kier molecular flexibility index (Phi) is 7.78. The van der Waals surface area contributed by atoms with Crippen molar-refractivity contribution < 1.29 is 47.4 Å². The van der Waals surface area contributed by atoms with Crippen molar-refractivity contribution in [2.45, 2.75) is 6.73 Å². The third-order valence-electron chi connectivity index (χ3n) is 6.72. The van der Waals surface area contributed by atoms with Gasteiger partial charge in [0, 0.05) is 42.9 Å². The second-order valence-electron chi connectivity index (χ2n) is 9.37. The molecule has 1 fully saturated rings. The van der Waals surface area contributed by atoms with Gasteiger partial charge in [0.15, 0.2) is 29.2 Å². The van der Waals surface area contributed by atoms with Crippen molar-refractivity contribution in [1.29, 1.82) is 0 Å². The number of nitrogens with zero attached hydrogens (tertiary/aromatic N) is 7. The SMILES string of the molecule is COc1cnc([N+]2=CC[N+](C)=N2)c2c1c(C(=O)C(=O)N1CCN(C(=O)c3ccccc3)CC1)cn2COP(=O)(O)O. The molecule has 0 atom stereocenters. The number of piperazine rings is 1. The highest BCUT2D eigenvalue weighted by Gasteiger charge is 2.36. The summed E-state index contributed by atoms with van der Waals surface area (Å²) in [6, 6.07) is 8.81. The van der Waals surface area contributed by atoms with Gasteiger partial charge in [-0.2, -0.15) is 0 Å². The van der Waals surface area contributed by atoms with E-state index in [4.69, 9.17) is 9.26 Å². The fourth-order valence-electron chi connectivity index (χ4n) is 4.72. The molecule has 5 rings (SSSR count). The molecule has 1 aromatic carbocycles. The number of rotatable bonds is 8. The summed E-state index contributed by atoms with van der Waals surface area (Å²) in [5, 5.41) is 4.54. The van der Waals surface area contributed by atoms with Crippen molar-refractivity contribution in [3.05, 3.63) is 53.9 Å². The number of benzene rings is 1. The Morgan fingerprint density at radius 3 is 2.37 bits per heavy atom. The molecule has 16 heteroatoms. The molecule has 0 bridgehead atoms. The minimum atomic E-state index is -4.89. The van der Waals surface area contributed by atoms with Crippen LogP contribution in [0.15, 0.2) is 47.9 Å². The van der Waals surface area contributed by atoms with Gasteiger partial charge in [-0.3, -0.25) is 18.9 Å². The van der Waals surface area contributed by atoms with E-state index < -0.39 is 26.2 Å². The van der Waals surface area contributed by atoms with Crippen LogP contribution in [0, 0.1) is 0 Å². The molecular formula is C25H28N7O8P+2. The smallest absolute Gasteiger partial charge is 0.471 e. The Morgan fingerprint density at radius 1 is 1.07 bits per heavy atom. The first-order valence-electron chi connectivity index (χ1n) is 12.6.